The fourth-order valence-corrected chi connectivity index (χ4v) is 43.8. The van der Waals surface area contributed by atoms with Crippen molar-refractivity contribution in [1.29, 1.82) is 0 Å². The van der Waals surface area contributed by atoms with Gasteiger partial charge in [0.05, 0.1) is 72.7 Å². The Balaban J connectivity index is 2.94. The van der Waals surface area contributed by atoms with Gasteiger partial charge in [0.15, 0.2) is 8.07 Å². The zero-order chi connectivity index (χ0) is 50.1. The molecule has 0 aliphatic heterocycles. The monoisotopic (exact) mass is 1030 g/mol. The van der Waals surface area contributed by atoms with Crippen molar-refractivity contribution < 1.29 is 0 Å². The van der Waals surface area contributed by atoms with Gasteiger partial charge in [-0.3, -0.25) is 0 Å². The summed E-state index contributed by atoms with van der Waals surface area (Å²) in [5.74, 6) is 0. The third kappa shape index (κ3) is 10.6. The summed E-state index contributed by atoms with van der Waals surface area (Å²) >= 11 is 0. The standard InChI is InChI=1S/C54H100Si10/c1-38-39(2)41(4)51(40(38)3)64(48-35-42(55(5,6)7)32-45(58(14,15)16)52(48)61(23,24)25,49-36-43(56(8,9)10)33-46(59(17,18)19)53(49)62(26,27)28)50-37-44(57(11,12)13)34-47(60(20,21)22)54(50)63(29,30)31/h32-37,51H,1-31H3. The number of allylic oxidation sites excluding steroid dienone is 4. The lowest BCUT2D eigenvalue weighted by molar-refractivity contribution is 1.09. The van der Waals surface area contributed by atoms with Crippen molar-refractivity contribution >= 4 is 143 Å². The molecule has 1 aliphatic rings. The molecule has 0 fully saturated rings. The molecule has 3 aromatic rings. The minimum atomic E-state index is -3.20. The molecule has 0 saturated heterocycles. The van der Waals surface area contributed by atoms with Gasteiger partial charge in [0.25, 0.3) is 0 Å². The first-order chi connectivity index (χ1) is 28.1. The molecule has 64 heavy (non-hydrogen) atoms. The van der Waals surface area contributed by atoms with Gasteiger partial charge in [-0.2, -0.15) is 0 Å². The van der Waals surface area contributed by atoms with Gasteiger partial charge in [-0.05, 0) is 54.4 Å². The van der Waals surface area contributed by atoms with Crippen LogP contribution in [0.1, 0.15) is 27.7 Å². The van der Waals surface area contributed by atoms with E-state index in [1.807, 2.05) is 31.1 Å². The predicted octanol–water partition coefficient (Wildman–Crippen LogP) is 10.1. The highest BCUT2D eigenvalue weighted by Gasteiger charge is 2.57. The molecule has 0 unspecified atom stereocenters. The fraction of sp³-hybridized carbons (Fsp3) is 0.593. The van der Waals surface area contributed by atoms with Gasteiger partial charge in [0, 0.05) is 5.54 Å². The van der Waals surface area contributed by atoms with Crippen LogP contribution in [0.15, 0.2) is 58.7 Å². The van der Waals surface area contributed by atoms with Gasteiger partial charge < -0.3 is 0 Å². The zero-order valence-corrected chi connectivity index (χ0v) is 58.0. The first kappa shape index (κ1) is 55.9. The van der Waals surface area contributed by atoms with Crippen molar-refractivity contribution in [1.82, 2.24) is 0 Å². The van der Waals surface area contributed by atoms with Crippen LogP contribution in [0, 0.1) is 0 Å². The first-order valence-electron chi connectivity index (χ1n) is 25.1. The highest BCUT2D eigenvalue weighted by atomic mass is 28.4. The Morgan fingerprint density at radius 1 is 0.250 bits per heavy atom. The molecule has 0 radical (unpaired) electrons. The number of hydrogen-bond donors (Lipinski definition) is 0. The second kappa shape index (κ2) is 17.3. The Kier molecular flexibility index (Phi) is 15.1. The zero-order valence-electron chi connectivity index (χ0n) is 48.0. The Bertz CT molecular complexity index is 2120. The molecule has 0 amide bonds. The number of hydrogen-bond acceptors (Lipinski definition) is 0. The Hall–Kier alpha value is -0.691. The maximum absolute atomic E-state index is 3.20. The third-order valence-electron chi connectivity index (χ3n) is 15.0. The molecule has 0 heterocycles. The molecular formula is C54H100Si10. The molecule has 0 atom stereocenters. The Labute approximate surface area is 408 Å². The van der Waals surface area contributed by atoms with Crippen LogP contribution in [-0.4, -0.2) is 80.7 Å². The normalized spacial score (nSPS) is 16.2. The lowest BCUT2D eigenvalue weighted by Gasteiger charge is -2.51. The minimum absolute atomic E-state index is 0.358. The van der Waals surface area contributed by atoms with Gasteiger partial charge in [-0.25, -0.2) is 0 Å². The predicted molar refractivity (Wildman–Crippen MR) is 331 cm³/mol. The van der Waals surface area contributed by atoms with Crippen molar-refractivity contribution in [3.63, 3.8) is 0 Å². The van der Waals surface area contributed by atoms with Crippen LogP contribution in [0.3, 0.4) is 0 Å². The SMILES string of the molecule is CC1=C(C)C([Si](c2cc([Si](C)(C)C)cc([Si](C)(C)C)c2[Si](C)(C)C)(c2cc([Si](C)(C)C)cc([Si](C)(C)C)c2[Si](C)(C)C)c2cc([Si](C)(C)C)cc([Si](C)(C)C)c2[Si](C)(C)C)C(C)=C1C. The van der Waals surface area contributed by atoms with Gasteiger partial charge >= 0.3 is 0 Å². The van der Waals surface area contributed by atoms with E-state index in [9.17, 15) is 0 Å². The summed E-state index contributed by atoms with van der Waals surface area (Å²) in [6.45, 7) is 83.1. The maximum Gasteiger partial charge on any atom is 0.158 e. The quantitative estimate of drug-likeness (QED) is 0.118. The van der Waals surface area contributed by atoms with Crippen LogP contribution in [0.4, 0.5) is 0 Å². The number of rotatable bonds is 13. The summed E-state index contributed by atoms with van der Waals surface area (Å²) < 4.78 is 0. The van der Waals surface area contributed by atoms with E-state index in [-0.39, 0.29) is 0 Å². The molecule has 0 aromatic heterocycles. The van der Waals surface area contributed by atoms with Crippen molar-refractivity contribution in [2.75, 3.05) is 0 Å². The molecule has 0 nitrogen and oxygen atoms in total. The Morgan fingerprint density at radius 3 is 0.594 bits per heavy atom. The maximum atomic E-state index is 3.02. The van der Waals surface area contributed by atoms with Gasteiger partial charge in [-0.15, -0.1) is 0 Å². The molecule has 1 aliphatic carbocycles. The molecule has 3 aromatic carbocycles. The third-order valence-corrected chi connectivity index (χ3v) is 40.2. The summed E-state index contributed by atoms with van der Waals surface area (Å²) in [6, 6.07) is 17.6. The van der Waals surface area contributed by atoms with Gasteiger partial charge in [0.2, 0.25) is 0 Å². The van der Waals surface area contributed by atoms with E-state index in [0.717, 1.165) is 0 Å². The van der Waals surface area contributed by atoms with Gasteiger partial charge in [-0.1, -0.05) is 271 Å². The summed E-state index contributed by atoms with van der Waals surface area (Å²) in [6.07, 6.45) is 0. The van der Waals surface area contributed by atoms with Crippen molar-refractivity contribution in [3.05, 3.63) is 58.7 Å². The lowest BCUT2D eigenvalue weighted by Crippen LogP contribution is -2.86. The second-order valence-electron chi connectivity index (χ2n) is 29.9. The summed E-state index contributed by atoms with van der Waals surface area (Å²) in [4.78, 5) is 0. The van der Waals surface area contributed by atoms with Crippen LogP contribution in [0.2, 0.25) is 182 Å². The molecule has 0 N–H and O–H groups in total. The minimum Gasteiger partial charge on any atom is -0.0656 e. The molecule has 356 valence electrons. The average Bonchev–Trinajstić information content (AvgIpc) is 3.25. The van der Waals surface area contributed by atoms with Crippen molar-refractivity contribution in [3.8, 4) is 0 Å². The molecular weight excluding hydrogens is 929 g/mol. The lowest BCUT2D eigenvalue weighted by atomic mass is 10.1. The topological polar surface area (TPSA) is 0 Å². The molecule has 4 rings (SSSR count). The molecule has 10 heteroatoms. The van der Waals surface area contributed by atoms with Gasteiger partial charge in [0.1, 0.15) is 0 Å². The van der Waals surface area contributed by atoms with Crippen LogP contribution in [0.25, 0.3) is 0 Å². The van der Waals surface area contributed by atoms with Crippen LogP contribution in [0.5, 0.6) is 0 Å². The smallest absolute Gasteiger partial charge is 0.0656 e. The van der Waals surface area contributed by atoms with Crippen molar-refractivity contribution in [2.45, 2.75) is 210 Å². The summed E-state index contributed by atoms with van der Waals surface area (Å²) in [5.41, 5.74) is 6.86. The van der Waals surface area contributed by atoms with Crippen LogP contribution in [-0.2, 0) is 0 Å². The fourth-order valence-electron chi connectivity index (χ4n) is 11.3. The largest absolute Gasteiger partial charge is 0.158 e. The average molecular weight is 1030 g/mol. The first-order valence-corrected chi connectivity index (χ1v) is 58.7. The molecule has 0 spiro atoms. The van der Waals surface area contributed by atoms with Crippen LogP contribution >= 0.6 is 0 Å². The highest BCUT2D eigenvalue weighted by Crippen LogP contribution is 2.46. The van der Waals surface area contributed by atoms with Crippen molar-refractivity contribution in [2.24, 2.45) is 0 Å². The van der Waals surface area contributed by atoms with E-state index in [2.05, 4.69) is 241 Å². The summed E-state index contributed by atoms with van der Waals surface area (Å²) in [5, 5.41) is 21.7. The van der Waals surface area contributed by atoms with Crippen LogP contribution < -0.4 is 62.2 Å². The highest BCUT2D eigenvalue weighted by molar-refractivity contribution is 7.22. The second-order valence-corrected chi connectivity index (χ2v) is 79.1. The van der Waals surface area contributed by atoms with E-state index in [4.69, 9.17) is 0 Å². The van der Waals surface area contributed by atoms with E-state index in [1.54, 1.807) is 53.4 Å². The van der Waals surface area contributed by atoms with E-state index in [0.29, 0.717) is 5.54 Å². The Morgan fingerprint density at radius 2 is 0.438 bits per heavy atom. The summed E-state index contributed by atoms with van der Waals surface area (Å²) in [7, 11) is -20.4. The van der Waals surface area contributed by atoms with E-state index >= 15 is 0 Å². The molecule has 0 saturated carbocycles. The number of benzene rings is 3. The van der Waals surface area contributed by atoms with E-state index < -0.39 is 80.7 Å². The van der Waals surface area contributed by atoms with E-state index in [1.165, 1.54) is 0 Å². The molecule has 0 bridgehead atoms.